The molecule has 0 bridgehead atoms. The van der Waals surface area contributed by atoms with Crippen molar-refractivity contribution in [2.24, 2.45) is 0 Å². The van der Waals surface area contributed by atoms with Crippen molar-refractivity contribution in [2.75, 3.05) is 0 Å². The lowest BCUT2D eigenvalue weighted by molar-refractivity contribution is 0.573. The highest BCUT2D eigenvalue weighted by Gasteiger charge is 2.07. The molecule has 1 atom stereocenters. The number of hydrogen-bond acceptors (Lipinski definition) is 1. The number of halogens is 1. The minimum Gasteiger partial charge on any atom is -0.367 e. The van der Waals surface area contributed by atoms with Crippen molar-refractivity contribution in [1.29, 1.82) is 0 Å². The van der Waals surface area contributed by atoms with Crippen molar-refractivity contribution in [2.45, 2.75) is 19.5 Å². The number of benzene rings is 1. The Hall–Kier alpha value is -1.06. The van der Waals surface area contributed by atoms with E-state index in [1.54, 1.807) is 0 Å². The first-order chi connectivity index (χ1) is 7.77. The number of H-pyrrole nitrogens is 1. The van der Waals surface area contributed by atoms with Crippen LogP contribution in [0.15, 0.2) is 47.2 Å². The summed E-state index contributed by atoms with van der Waals surface area (Å²) in [5, 5.41) is 3.49. The van der Waals surface area contributed by atoms with Crippen LogP contribution in [-0.4, -0.2) is 4.98 Å². The van der Waals surface area contributed by atoms with Gasteiger partial charge in [-0.3, -0.25) is 0 Å². The Labute approximate surface area is 104 Å². The highest BCUT2D eigenvalue weighted by Crippen LogP contribution is 2.22. The molecule has 0 amide bonds. The number of aromatic nitrogens is 1. The van der Waals surface area contributed by atoms with Crippen molar-refractivity contribution in [3.05, 3.63) is 58.3 Å². The summed E-state index contributed by atoms with van der Waals surface area (Å²) < 4.78 is 1.16. The third kappa shape index (κ3) is 2.74. The van der Waals surface area contributed by atoms with Crippen molar-refractivity contribution in [3.8, 4) is 0 Å². The molecule has 0 aliphatic carbocycles. The fraction of sp³-hybridized carbons (Fsp3) is 0.231. The Bertz CT molecular complexity index is 437. The SMILES string of the molecule is CC(NCc1cc[nH]c1)c1ccccc1Br. The fourth-order valence-electron chi connectivity index (χ4n) is 1.68. The van der Waals surface area contributed by atoms with Crippen LogP contribution in [0, 0.1) is 0 Å². The molecule has 0 aliphatic heterocycles. The van der Waals surface area contributed by atoms with Crippen LogP contribution in [-0.2, 0) is 6.54 Å². The van der Waals surface area contributed by atoms with Gasteiger partial charge in [0.15, 0.2) is 0 Å². The predicted octanol–water partition coefficient (Wildman–Crippen LogP) is 3.63. The monoisotopic (exact) mass is 278 g/mol. The molecule has 16 heavy (non-hydrogen) atoms. The van der Waals surface area contributed by atoms with Gasteiger partial charge in [0.1, 0.15) is 0 Å². The van der Waals surface area contributed by atoms with E-state index in [0.29, 0.717) is 6.04 Å². The first kappa shape index (κ1) is 11.4. The van der Waals surface area contributed by atoms with E-state index in [-0.39, 0.29) is 0 Å². The molecule has 3 heteroatoms. The summed E-state index contributed by atoms with van der Waals surface area (Å²) in [6.07, 6.45) is 3.96. The Morgan fingerprint density at radius 3 is 2.81 bits per heavy atom. The van der Waals surface area contributed by atoms with Gasteiger partial charge in [0, 0.05) is 29.5 Å². The normalized spacial score (nSPS) is 12.6. The molecule has 0 saturated heterocycles. The lowest BCUT2D eigenvalue weighted by atomic mass is 10.1. The third-order valence-corrected chi connectivity index (χ3v) is 3.37. The van der Waals surface area contributed by atoms with Crippen LogP contribution < -0.4 is 5.32 Å². The van der Waals surface area contributed by atoms with Gasteiger partial charge in [-0.05, 0) is 30.2 Å². The molecule has 84 valence electrons. The zero-order chi connectivity index (χ0) is 11.4. The van der Waals surface area contributed by atoms with Crippen LogP contribution in [0.5, 0.6) is 0 Å². The maximum Gasteiger partial charge on any atom is 0.0306 e. The molecule has 0 spiro atoms. The lowest BCUT2D eigenvalue weighted by Crippen LogP contribution is -2.18. The summed E-state index contributed by atoms with van der Waals surface area (Å²) in [6.45, 7) is 3.05. The lowest BCUT2D eigenvalue weighted by Gasteiger charge is -2.15. The van der Waals surface area contributed by atoms with E-state index in [0.717, 1.165) is 11.0 Å². The maximum absolute atomic E-state index is 3.57. The first-order valence-electron chi connectivity index (χ1n) is 5.37. The molecule has 1 aromatic carbocycles. The standard InChI is InChI=1S/C13H15BrN2/c1-10(12-4-2-3-5-13(12)14)16-9-11-6-7-15-8-11/h2-8,10,15-16H,9H2,1H3. The number of aromatic amines is 1. The Morgan fingerprint density at radius 1 is 1.31 bits per heavy atom. The molecule has 2 N–H and O–H groups in total. The molecule has 0 radical (unpaired) electrons. The Kier molecular flexibility index (Phi) is 3.80. The summed E-state index contributed by atoms with van der Waals surface area (Å²) in [5.74, 6) is 0. The van der Waals surface area contributed by atoms with Crippen molar-refractivity contribution in [3.63, 3.8) is 0 Å². The summed E-state index contributed by atoms with van der Waals surface area (Å²) in [7, 11) is 0. The maximum atomic E-state index is 3.57. The molecular weight excluding hydrogens is 264 g/mol. The van der Waals surface area contributed by atoms with Crippen LogP contribution in [0.2, 0.25) is 0 Å². The minimum absolute atomic E-state index is 0.338. The molecule has 2 nitrogen and oxygen atoms in total. The van der Waals surface area contributed by atoms with Gasteiger partial charge in [-0.2, -0.15) is 0 Å². The first-order valence-corrected chi connectivity index (χ1v) is 6.16. The molecule has 2 rings (SSSR count). The fourth-order valence-corrected chi connectivity index (χ4v) is 2.30. The Balaban J connectivity index is 1.98. The second-order valence-corrected chi connectivity index (χ2v) is 4.70. The minimum atomic E-state index is 0.338. The van der Waals surface area contributed by atoms with Crippen LogP contribution >= 0.6 is 15.9 Å². The van der Waals surface area contributed by atoms with Crippen molar-refractivity contribution in [1.82, 2.24) is 10.3 Å². The predicted molar refractivity (Wildman–Crippen MR) is 70.2 cm³/mol. The summed E-state index contributed by atoms with van der Waals surface area (Å²) in [6, 6.07) is 10.7. The second-order valence-electron chi connectivity index (χ2n) is 3.84. The zero-order valence-electron chi connectivity index (χ0n) is 9.20. The second kappa shape index (κ2) is 5.32. The zero-order valence-corrected chi connectivity index (χ0v) is 10.8. The van der Waals surface area contributed by atoms with Gasteiger partial charge in [0.05, 0.1) is 0 Å². The van der Waals surface area contributed by atoms with E-state index in [1.165, 1.54) is 11.1 Å². The number of rotatable bonds is 4. The summed E-state index contributed by atoms with van der Waals surface area (Å²) >= 11 is 3.57. The van der Waals surface area contributed by atoms with Crippen LogP contribution in [0.4, 0.5) is 0 Å². The van der Waals surface area contributed by atoms with Gasteiger partial charge in [0.2, 0.25) is 0 Å². The molecule has 0 saturated carbocycles. The summed E-state index contributed by atoms with van der Waals surface area (Å²) in [5.41, 5.74) is 2.57. The molecule has 0 fully saturated rings. The van der Waals surface area contributed by atoms with Crippen LogP contribution in [0.3, 0.4) is 0 Å². The van der Waals surface area contributed by atoms with E-state index in [9.17, 15) is 0 Å². The molecular formula is C13H15BrN2. The largest absolute Gasteiger partial charge is 0.367 e. The van der Waals surface area contributed by atoms with Crippen molar-refractivity contribution < 1.29 is 0 Å². The van der Waals surface area contributed by atoms with Gasteiger partial charge < -0.3 is 10.3 Å². The topological polar surface area (TPSA) is 27.8 Å². The van der Waals surface area contributed by atoms with E-state index < -0.39 is 0 Å². The van der Waals surface area contributed by atoms with Gasteiger partial charge in [-0.1, -0.05) is 34.1 Å². The van der Waals surface area contributed by atoms with Gasteiger partial charge in [-0.15, -0.1) is 0 Å². The number of nitrogens with one attached hydrogen (secondary N) is 2. The quantitative estimate of drug-likeness (QED) is 0.878. The van der Waals surface area contributed by atoms with Crippen LogP contribution in [0.25, 0.3) is 0 Å². The Morgan fingerprint density at radius 2 is 2.12 bits per heavy atom. The molecule has 1 unspecified atom stereocenters. The van der Waals surface area contributed by atoms with Gasteiger partial charge >= 0.3 is 0 Å². The molecule has 2 aromatic rings. The number of hydrogen-bond donors (Lipinski definition) is 2. The van der Waals surface area contributed by atoms with Gasteiger partial charge in [0.25, 0.3) is 0 Å². The smallest absolute Gasteiger partial charge is 0.0306 e. The molecule has 0 aliphatic rings. The van der Waals surface area contributed by atoms with Crippen molar-refractivity contribution >= 4 is 15.9 Å². The van der Waals surface area contributed by atoms with E-state index in [2.05, 4.69) is 57.4 Å². The van der Waals surface area contributed by atoms with E-state index >= 15 is 0 Å². The summed E-state index contributed by atoms with van der Waals surface area (Å²) in [4.78, 5) is 3.06. The highest BCUT2D eigenvalue weighted by molar-refractivity contribution is 9.10. The van der Waals surface area contributed by atoms with E-state index in [1.807, 2.05) is 18.5 Å². The van der Waals surface area contributed by atoms with Gasteiger partial charge in [-0.25, -0.2) is 0 Å². The average molecular weight is 279 g/mol. The highest BCUT2D eigenvalue weighted by atomic mass is 79.9. The molecule has 1 aromatic heterocycles. The third-order valence-electron chi connectivity index (χ3n) is 2.65. The molecule has 1 heterocycles. The average Bonchev–Trinajstić information content (AvgIpc) is 2.79. The van der Waals surface area contributed by atoms with Crippen LogP contribution in [0.1, 0.15) is 24.1 Å². The van der Waals surface area contributed by atoms with E-state index in [4.69, 9.17) is 0 Å².